The summed E-state index contributed by atoms with van der Waals surface area (Å²) in [7, 11) is 0. The number of hydrogen-bond donors (Lipinski definition) is 15. The zero-order chi connectivity index (χ0) is 59.2. The van der Waals surface area contributed by atoms with Crippen LogP contribution in [0, 0.1) is 11.8 Å². The molecule has 1 saturated heterocycles. The number of carbonyl (C=O) groups is 11. The number of nitrogens with one attached hydrogen (secondary N) is 9. The van der Waals surface area contributed by atoms with Crippen LogP contribution in [0.5, 0.6) is 5.75 Å². The number of nitrogens with two attached hydrogens (primary N) is 2. The second-order valence-corrected chi connectivity index (χ2v) is 20.8. The number of primary amides is 1. The van der Waals surface area contributed by atoms with Gasteiger partial charge in [-0.3, -0.25) is 47.9 Å². The van der Waals surface area contributed by atoms with Gasteiger partial charge in [-0.05, 0) is 30.9 Å². The van der Waals surface area contributed by atoms with E-state index in [0.717, 1.165) is 0 Å². The first kappa shape index (κ1) is 65.4. The summed E-state index contributed by atoms with van der Waals surface area (Å²) >= 11 is -2.38. The van der Waals surface area contributed by atoms with Gasteiger partial charge in [0.25, 0.3) is 11.8 Å². The molecule has 0 radical (unpaired) electrons. The first-order valence-electron chi connectivity index (χ1n) is 26.1. The second-order valence-electron chi connectivity index (χ2n) is 19.4. The fourth-order valence-electron chi connectivity index (χ4n) is 8.37. The van der Waals surface area contributed by atoms with E-state index >= 15 is 0 Å². The Balaban J connectivity index is 1.67. The molecule has 11 amide bonds. The highest BCUT2D eigenvalue weighted by Gasteiger charge is 2.38. The quantitative estimate of drug-likeness (QED) is 0.0281. The number of aliphatic hydroxyl groups excluding tert-OH is 4. The van der Waals surface area contributed by atoms with Gasteiger partial charge in [0, 0.05) is 66.5 Å². The van der Waals surface area contributed by atoms with Crippen LogP contribution >= 0.6 is 0 Å². The summed E-state index contributed by atoms with van der Waals surface area (Å²) in [5.74, 6) is -10.9. The molecule has 0 spiro atoms. The third-order valence-electron chi connectivity index (χ3n) is 13.2. The summed E-state index contributed by atoms with van der Waals surface area (Å²) < 4.78 is 20.9. The average Bonchev–Trinajstić information content (AvgIpc) is 3.95. The predicted molar refractivity (Wildman–Crippen MR) is 281 cm³/mol. The number of hydrogen-bond acceptors (Lipinski definition) is 19. The van der Waals surface area contributed by atoms with Gasteiger partial charge < -0.3 is 93.5 Å². The number of aromatic nitrogens is 1. The number of H-pyrrole nitrogens is 1. The number of aliphatic hydroxyl groups is 4. The Bertz CT molecular complexity index is 2520. The van der Waals surface area contributed by atoms with Crippen LogP contribution in [0.2, 0.25) is 0 Å². The van der Waals surface area contributed by atoms with Gasteiger partial charge in [0.05, 0.1) is 69.5 Å². The minimum absolute atomic E-state index is 0.0362. The molecule has 0 aliphatic carbocycles. The average molecular weight is 1150 g/mol. The summed E-state index contributed by atoms with van der Waals surface area (Å²) in [5, 5.41) is 62.0. The number of β-amino-alcohol motifs (C(OH)–C–C–N with tert-alkyl or cyclic N) is 1. The molecule has 2 aromatic rings. The van der Waals surface area contributed by atoms with Crippen LogP contribution in [-0.2, 0) is 70.4 Å². The van der Waals surface area contributed by atoms with E-state index in [1.165, 1.54) is 6.92 Å². The predicted octanol–water partition coefficient (Wildman–Crippen LogP) is -5.17. The van der Waals surface area contributed by atoms with E-state index in [-0.39, 0.29) is 43.0 Å². The number of fused-ring (bicyclic) bond motifs is 3. The van der Waals surface area contributed by atoms with Crippen molar-refractivity contribution in [2.45, 2.75) is 132 Å². The number of benzene rings is 1. The zero-order valence-electron chi connectivity index (χ0n) is 44.7. The van der Waals surface area contributed by atoms with E-state index in [1.54, 1.807) is 32.0 Å². The SMILES string of the molecule is CC[C@H](C)[C@H](NC(=O)CN)C(=O)NCC(=O)N[C@H]1C[S+]([O-])c2[nH]c3cc(OCCCCCCNC(=O)ON4C(=O)CCC4=O)ccc3c2C[C@@H](CO)NC(=O)[C@H]([C@@H](C)[C@@H](O)CO)NC(=O)C[C@@H](O)CNC(=O)[C@H](CC(N)=O)NC1=O. The number of carbonyl (C=O) groups excluding carboxylic acids is 11. The summed E-state index contributed by atoms with van der Waals surface area (Å²) in [6.45, 7) is 1.76. The van der Waals surface area contributed by atoms with Crippen molar-refractivity contribution in [1.29, 1.82) is 0 Å². The van der Waals surface area contributed by atoms with Crippen molar-refractivity contribution >= 4 is 87.2 Å². The first-order chi connectivity index (χ1) is 38.0. The van der Waals surface area contributed by atoms with E-state index in [0.29, 0.717) is 53.8 Å². The summed E-state index contributed by atoms with van der Waals surface area (Å²) in [5.41, 5.74) is 11.4. The van der Waals surface area contributed by atoms with E-state index in [9.17, 15) is 77.7 Å². The van der Waals surface area contributed by atoms with Crippen molar-refractivity contribution < 1.29 is 87.3 Å². The molecule has 1 aromatic carbocycles. The monoisotopic (exact) mass is 1150 g/mol. The van der Waals surface area contributed by atoms with Crippen molar-refractivity contribution in [3.8, 4) is 5.75 Å². The number of ether oxygens (including phenoxy) is 1. The number of imide groups is 1. The Kier molecular flexibility index (Phi) is 26.3. The Hall–Kier alpha value is -7.16. The molecule has 2 aliphatic heterocycles. The summed E-state index contributed by atoms with van der Waals surface area (Å²) in [6, 6.07) is -2.77. The molecule has 30 nitrogen and oxygen atoms in total. The molecule has 1 fully saturated rings. The molecule has 1 aromatic heterocycles. The molecule has 80 heavy (non-hydrogen) atoms. The van der Waals surface area contributed by atoms with Crippen molar-refractivity contribution in [2.75, 3.05) is 51.8 Å². The highest BCUT2D eigenvalue weighted by atomic mass is 32.2. The third kappa shape index (κ3) is 19.9. The fraction of sp³-hybridized carbons (Fsp3) is 0.612. The van der Waals surface area contributed by atoms with Crippen LogP contribution in [-0.4, -0.2) is 194 Å². The Labute approximate surface area is 462 Å². The number of aromatic amines is 1. The normalized spacial score (nSPS) is 22.2. The molecule has 4 rings (SSSR count). The fourth-order valence-corrected chi connectivity index (χ4v) is 9.77. The van der Waals surface area contributed by atoms with Crippen molar-refractivity contribution in [2.24, 2.45) is 23.3 Å². The lowest BCUT2D eigenvalue weighted by Crippen LogP contribution is -2.58. The molecule has 1 unspecified atom stereocenters. The van der Waals surface area contributed by atoms with Crippen LogP contribution in [0.25, 0.3) is 10.9 Å². The standard InChI is InChI=1S/C49H74N12O18S/c1-4-25(2)42(60-38(68)19-50)46(74)54-21-39(69)56-34-24-80(77)48-31(30-10-9-29(17-32(30)58-48)78-14-8-6-5-7-13-52-49(76)79-61-40(70)11-12-41(61)71)15-27(22-62)55-47(75)43(26(3)35(65)23-63)59-37(67)16-28(64)20-53-44(72)33(18-36(51)66)57-45(34)73/h9-10,17,25-28,33-35,42-43,58,62-65H,4-8,11-16,18-24,50H2,1-3H3,(H2,51,66)(H,52,76)(H,53,72)(H,54,74)(H,55,75)(H,56,69)(H,57,73)(H,59,67)(H,60,68)/t25-,26-,27-,28+,33-,34-,35-,42-,43-,80?/m0/s1. The van der Waals surface area contributed by atoms with Crippen LogP contribution in [0.1, 0.15) is 84.1 Å². The highest BCUT2D eigenvalue weighted by Crippen LogP contribution is 2.31. The van der Waals surface area contributed by atoms with E-state index in [1.807, 2.05) is 0 Å². The lowest BCUT2D eigenvalue weighted by atomic mass is 9.94. The number of amides is 11. The maximum atomic E-state index is 14.8. The van der Waals surface area contributed by atoms with Gasteiger partial charge in [0.1, 0.15) is 29.6 Å². The van der Waals surface area contributed by atoms with E-state index in [4.69, 9.17) is 21.0 Å². The molecular weight excluding hydrogens is 1080 g/mol. The van der Waals surface area contributed by atoms with Crippen molar-refractivity contribution in [3.05, 3.63) is 23.8 Å². The number of rotatable bonds is 23. The number of hydroxylamine groups is 2. The third-order valence-corrected chi connectivity index (χ3v) is 14.6. The Morgan fingerprint density at radius 2 is 1.61 bits per heavy atom. The molecule has 17 N–H and O–H groups in total. The maximum absolute atomic E-state index is 14.8. The number of nitrogens with zero attached hydrogens (tertiary/aromatic N) is 1. The van der Waals surface area contributed by atoms with Crippen LogP contribution < -0.4 is 58.7 Å². The lowest BCUT2D eigenvalue weighted by molar-refractivity contribution is -0.171. The Morgan fingerprint density at radius 3 is 2.26 bits per heavy atom. The van der Waals surface area contributed by atoms with Crippen LogP contribution in [0.4, 0.5) is 4.79 Å². The van der Waals surface area contributed by atoms with Crippen LogP contribution in [0.3, 0.4) is 0 Å². The largest absolute Gasteiger partial charge is 0.610 e. The van der Waals surface area contributed by atoms with Crippen LogP contribution in [0.15, 0.2) is 23.2 Å². The smallest absolute Gasteiger partial charge is 0.432 e. The topological polar surface area (TPSA) is 478 Å². The molecule has 0 saturated carbocycles. The van der Waals surface area contributed by atoms with Crippen molar-refractivity contribution in [1.82, 2.24) is 52.6 Å². The molecule has 31 heteroatoms. The minimum atomic E-state index is -2.38. The van der Waals surface area contributed by atoms with E-state index < -0.39 is 182 Å². The second kappa shape index (κ2) is 32.2. The van der Waals surface area contributed by atoms with E-state index in [2.05, 4.69) is 47.5 Å². The van der Waals surface area contributed by atoms with Gasteiger partial charge in [-0.1, -0.05) is 40.0 Å². The molecule has 0 bridgehead atoms. The lowest BCUT2D eigenvalue weighted by Gasteiger charge is -2.29. The molecule has 2 aliphatic rings. The van der Waals surface area contributed by atoms with Gasteiger partial charge in [0.2, 0.25) is 52.3 Å². The van der Waals surface area contributed by atoms with Gasteiger partial charge in [-0.25, -0.2) is 4.79 Å². The maximum Gasteiger partial charge on any atom is 0.432 e. The summed E-state index contributed by atoms with van der Waals surface area (Å²) in [6.07, 6.45) is -3.24. The van der Waals surface area contributed by atoms with Crippen molar-refractivity contribution in [3.63, 3.8) is 0 Å². The van der Waals surface area contributed by atoms with Gasteiger partial charge >= 0.3 is 6.09 Å². The Morgan fingerprint density at radius 1 is 0.912 bits per heavy atom. The highest BCUT2D eigenvalue weighted by molar-refractivity contribution is 7.91. The molecule has 444 valence electrons. The first-order valence-corrected chi connectivity index (χ1v) is 27.4. The molecular formula is C49H74N12O18S. The van der Waals surface area contributed by atoms with Gasteiger partial charge in [0.15, 0.2) is 6.04 Å². The summed E-state index contributed by atoms with van der Waals surface area (Å²) in [4.78, 5) is 150. The minimum Gasteiger partial charge on any atom is -0.610 e. The zero-order valence-corrected chi connectivity index (χ0v) is 45.5. The molecule has 10 atom stereocenters. The molecule has 3 heterocycles. The van der Waals surface area contributed by atoms with Gasteiger partial charge in [-0.2, -0.15) is 0 Å². The number of unbranched alkanes of at least 4 members (excludes halogenated alkanes) is 3. The van der Waals surface area contributed by atoms with Gasteiger partial charge in [-0.15, -0.1) is 5.06 Å².